The molecule has 2 heterocycles. The molecule has 0 aliphatic carbocycles. The fraction of sp³-hybridized carbons (Fsp3) is 0.233. The van der Waals surface area contributed by atoms with Gasteiger partial charge in [0.2, 0.25) is 5.95 Å². The van der Waals surface area contributed by atoms with Gasteiger partial charge in [-0.15, -0.1) is 0 Å². The Balaban J connectivity index is 1.45. The van der Waals surface area contributed by atoms with Crippen molar-refractivity contribution in [3.8, 4) is 11.5 Å². The number of amides is 1. The highest BCUT2D eigenvalue weighted by atomic mass is 16.5. The Morgan fingerprint density at radius 2 is 1.84 bits per heavy atom. The molecule has 4 aromatic rings. The predicted molar refractivity (Wildman–Crippen MR) is 148 cm³/mol. The second-order valence-electron chi connectivity index (χ2n) is 9.14. The summed E-state index contributed by atoms with van der Waals surface area (Å²) >= 11 is 0. The highest BCUT2D eigenvalue weighted by molar-refractivity contribution is 6.06. The first-order valence-corrected chi connectivity index (χ1v) is 12.7. The van der Waals surface area contributed by atoms with Crippen LogP contribution in [0.4, 0.5) is 11.6 Å². The lowest BCUT2D eigenvalue weighted by Gasteiger charge is -2.29. The normalized spacial score (nSPS) is 14.4. The number of allylic oxidation sites excluding steroid dienone is 1. The second-order valence-corrected chi connectivity index (χ2v) is 9.14. The number of aryl methyl sites for hydroxylation is 1. The Bertz CT molecular complexity index is 1460. The van der Waals surface area contributed by atoms with Crippen LogP contribution < -0.4 is 20.1 Å². The number of rotatable bonds is 9. The first-order chi connectivity index (χ1) is 18.5. The highest BCUT2D eigenvalue weighted by Crippen LogP contribution is 2.39. The Kier molecular flexibility index (Phi) is 7.40. The van der Waals surface area contributed by atoms with Crippen molar-refractivity contribution in [3.63, 3.8) is 0 Å². The molecular weight excluding hydrogens is 478 g/mol. The maximum atomic E-state index is 13.6. The fourth-order valence-corrected chi connectivity index (χ4v) is 4.62. The number of hydrogen-bond acceptors (Lipinski definition) is 6. The van der Waals surface area contributed by atoms with Crippen molar-refractivity contribution < 1.29 is 14.3 Å². The van der Waals surface area contributed by atoms with E-state index < -0.39 is 6.04 Å². The van der Waals surface area contributed by atoms with Gasteiger partial charge in [-0.25, -0.2) is 4.68 Å². The van der Waals surface area contributed by atoms with Crippen LogP contribution in [0.15, 0.2) is 90.4 Å². The van der Waals surface area contributed by atoms with Crippen LogP contribution in [0.1, 0.15) is 36.6 Å². The lowest BCUT2D eigenvalue weighted by molar-refractivity contribution is -0.113. The molecule has 0 fully saturated rings. The number of carbonyl (C=O) groups is 1. The molecule has 2 N–H and O–H groups in total. The average molecular weight is 510 g/mol. The SMILES string of the molecule is CCOc1cc(C2C(C(=O)Nc3cccc(C)c3)=C(C)Nc3ncnn32)ccc1OCCc1ccccc1. The minimum atomic E-state index is -0.504. The Morgan fingerprint density at radius 1 is 1.00 bits per heavy atom. The molecule has 1 aromatic heterocycles. The molecule has 0 spiro atoms. The van der Waals surface area contributed by atoms with Crippen LogP contribution in [-0.2, 0) is 11.2 Å². The van der Waals surface area contributed by atoms with Gasteiger partial charge in [0.15, 0.2) is 11.5 Å². The van der Waals surface area contributed by atoms with Gasteiger partial charge >= 0.3 is 0 Å². The summed E-state index contributed by atoms with van der Waals surface area (Å²) in [6.07, 6.45) is 2.27. The topological polar surface area (TPSA) is 90.3 Å². The monoisotopic (exact) mass is 509 g/mol. The van der Waals surface area contributed by atoms with Gasteiger partial charge < -0.3 is 20.1 Å². The van der Waals surface area contributed by atoms with Crippen molar-refractivity contribution >= 4 is 17.5 Å². The van der Waals surface area contributed by atoms with Crippen molar-refractivity contribution in [2.75, 3.05) is 23.8 Å². The molecule has 0 bridgehead atoms. The number of fused-ring (bicyclic) bond motifs is 1. The minimum absolute atomic E-state index is 0.215. The number of nitrogens with zero attached hydrogens (tertiary/aromatic N) is 3. The molecule has 1 aliphatic rings. The molecule has 38 heavy (non-hydrogen) atoms. The smallest absolute Gasteiger partial charge is 0.255 e. The second kappa shape index (κ2) is 11.2. The van der Waals surface area contributed by atoms with Crippen LogP contribution in [0, 0.1) is 6.92 Å². The summed E-state index contributed by atoms with van der Waals surface area (Å²) in [6.45, 7) is 6.81. The summed E-state index contributed by atoms with van der Waals surface area (Å²) in [7, 11) is 0. The van der Waals surface area contributed by atoms with E-state index in [1.54, 1.807) is 4.68 Å². The zero-order chi connectivity index (χ0) is 26.5. The molecule has 1 amide bonds. The van der Waals surface area contributed by atoms with Crippen molar-refractivity contribution in [2.45, 2.75) is 33.2 Å². The molecular formula is C30H31N5O3. The number of benzene rings is 3. The van der Waals surface area contributed by atoms with E-state index in [4.69, 9.17) is 9.47 Å². The van der Waals surface area contributed by atoms with Gasteiger partial charge in [-0.2, -0.15) is 10.1 Å². The first-order valence-electron chi connectivity index (χ1n) is 12.7. The molecule has 8 nitrogen and oxygen atoms in total. The Morgan fingerprint density at radius 3 is 2.63 bits per heavy atom. The molecule has 0 saturated carbocycles. The van der Waals surface area contributed by atoms with Crippen molar-refractivity contribution in [2.24, 2.45) is 0 Å². The van der Waals surface area contributed by atoms with E-state index in [2.05, 4.69) is 32.8 Å². The zero-order valence-electron chi connectivity index (χ0n) is 21.8. The van der Waals surface area contributed by atoms with Crippen LogP contribution >= 0.6 is 0 Å². The van der Waals surface area contributed by atoms with Gasteiger partial charge in [-0.05, 0) is 61.7 Å². The summed E-state index contributed by atoms with van der Waals surface area (Å²) in [5, 5.41) is 10.7. The summed E-state index contributed by atoms with van der Waals surface area (Å²) in [5.74, 6) is 1.63. The number of carbonyl (C=O) groups excluding carboxylic acids is 1. The van der Waals surface area contributed by atoms with Gasteiger partial charge in [-0.3, -0.25) is 4.79 Å². The molecule has 0 saturated heterocycles. The van der Waals surface area contributed by atoms with E-state index in [1.807, 2.05) is 81.4 Å². The fourth-order valence-electron chi connectivity index (χ4n) is 4.62. The predicted octanol–water partition coefficient (Wildman–Crippen LogP) is 5.53. The van der Waals surface area contributed by atoms with Gasteiger partial charge in [0, 0.05) is 17.8 Å². The number of anilines is 2. The molecule has 194 valence electrons. The van der Waals surface area contributed by atoms with Gasteiger partial charge in [-0.1, -0.05) is 48.5 Å². The van der Waals surface area contributed by atoms with Gasteiger partial charge in [0.05, 0.1) is 18.8 Å². The van der Waals surface area contributed by atoms with E-state index in [0.29, 0.717) is 41.9 Å². The third-order valence-corrected chi connectivity index (χ3v) is 6.39. The maximum Gasteiger partial charge on any atom is 0.255 e. The van der Waals surface area contributed by atoms with Crippen molar-refractivity contribution in [3.05, 3.63) is 107 Å². The standard InChI is InChI=1S/C30H31N5O3/c1-4-37-26-18-23(13-14-25(26)38-16-15-22-10-6-5-7-11-22)28-27(21(3)33-30-31-19-32-35(28)30)29(36)34-24-12-8-9-20(2)17-24/h5-14,17-19,28H,4,15-16H2,1-3H3,(H,34,36)(H,31,32,33). The largest absolute Gasteiger partial charge is 0.490 e. The van der Waals surface area contributed by atoms with Crippen LogP contribution in [0.5, 0.6) is 11.5 Å². The summed E-state index contributed by atoms with van der Waals surface area (Å²) in [4.78, 5) is 18.0. The average Bonchev–Trinajstić information content (AvgIpc) is 3.37. The van der Waals surface area contributed by atoms with Crippen LogP contribution in [0.25, 0.3) is 0 Å². The molecule has 1 aliphatic heterocycles. The quantitative estimate of drug-likeness (QED) is 0.308. The van der Waals surface area contributed by atoms with E-state index in [1.165, 1.54) is 11.9 Å². The van der Waals surface area contributed by atoms with E-state index in [-0.39, 0.29) is 5.91 Å². The van der Waals surface area contributed by atoms with Crippen molar-refractivity contribution in [1.82, 2.24) is 14.8 Å². The van der Waals surface area contributed by atoms with Crippen LogP contribution in [0.3, 0.4) is 0 Å². The molecule has 5 rings (SSSR count). The highest BCUT2D eigenvalue weighted by Gasteiger charge is 2.34. The van der Waals surface area contributed by atoms with Crippen LogP contribution in [-0.4, -0.2) is 33.9 Å². The molecule has 0 radical (unpaired) electrons. The molecule has 3 aromatic carbocycles. The molecule has 1 atom stereocenters. The van der Waals surface area contributed by atoms with Crippen molar-refractivity contribution in [1.29, 1.82) is 0 Å². The van der Waals surface area contributed by atoms with E-state index in [9.17, 15) is 4.79 Å². The third kappa shape index (κ3) is 5.39. The maximum absolute atomic E-state index is 13.6. The number of nitrogens with one attached hydrogen (secondary N) is 2. The number of ether oxygens (including phenoxy) is 2. The van der Waals surface area contributed by atoms with E-state index >= 15 is 0 Å². The first kappa shape index (κ1) is 25.1. The Hall–Kier alpha value is -4.59. The number of hydrogen-bond donors (Lipinski definition) is 2. The van der Waals surface area contributed by atoms with Gasteiger partial charge in [0.25, 0.3) is 5.91 Å². The summed E-state index contributed by atoms with van der Waals surface area (Å²) < 4.78 is 13.8. The van der Waals surface area contributed by atoms with Crippen LogP contribution in [0.2, 0.25) is 0 Å². The minimum Gasteiger partial charge on any atom is -0.490 e. The zero-order valence-corrected chi connectivity index (χ0v) is 21.8. The van der Waals surface area contributed by atoms with Gasteiger partial charge in [0.1, 0.15) is 12.4 Å². The molecule has 1 unspecified atom stereocenters. The van der Waals surface area contributed by atoms with E-state index in [0.717, 1.165) is 23.2 Å². The summed E-state index contributed by atoms with van der Waals surface area (Å²) in [6, 6.07) is 23.2. The lowest BCUT2D eigenvalue weighted by atomic mass is 9.94. The summed E-state index contributed by atoms with van der Waals surface area (Å²) in [5.41, 5.74) is 5.10. The Labute approximate surface area is 222 Å². The third-order valence-electron chi connectivity index (χ3n) is 6.39. The molecule has 8 heteroatoms. The lowest BCUT2D eigenvalue weighted by Crippen LogP contribution is -2.31. The number of aromatic nitrogens is 3.